The van der Waals surface area contributed by atoms with Crippen molar-refractivity contribution >= 4 is 5.69 Å². The van der Waals surface area contributed by atoms with Crippen molar-refractivity contribution < 1.29 is 4.74 Å². The summed E-state index contributed by atoms with van der Waals surface area (Å²) < 4.78 is 5.68. The Morgan fingerprint density at radius 2 is 1.81 bits per heavy atom. The molecule has 1 aliphatic heterocycles. The summed E-state index contributed by atoms with van der Waals surface area (Å²) in [6.45, 7) is 6.17. The van der Waals surface area contributed by atoms with Gasteiger partial charge >= 0.3 is 0 Å². The van der Waals surface area contributed by atoms with Gasteiger partial charge in [-0.3, -0.25) is 0 Å². The molecule has 0 unspecified atom stereocenters. The molecule has 88 valence electrons. The van der Waals surface area contributed by atoms with Gasteiger partial charge in [-0.25, -0.2) is 0 Å². The van der Waals surface area contributed by atoms with E-state index in [2.05, 4.69) is 31.3 Å². The molecule has 0 spiro atoms. The number of benzene rings is 1. The van der Waals surface area contributed by atoms with E-state index in [1.54, 1.807) is 0 Å². The highest BCUT2D eigenvalue weighted by Crippen LogP contribution is 2.31. The number of hydrogen-bond acceptors (Lipinski definition) is 2. The van der Waals surface area contributed by atoms with Gasteiger partial charge in [-0.05, 0) is 36.1 Å². The van der Waals surface area contributed by atoms with Crippen LogP contribution in [0.25, 0.3) is 0 Å². The highest BCUT2D eigenvalue weighted by molar-refractivity contribution is 5.61. The molecular formula is C14H21NO. The quantitative estimate of drug-likeness (QED) is 0.838. The molecule has 1 aromatic rings. The van der Waals surface area contributed by atoms with Gasteiger partial charge in [0.05, 0.1) is 5.69 Å². The van der Waals surface area contributed by atoms with Crippen LogP contribution >= 0.6 is 0 Å². The maximum absolute atomic E-state index is 5.68. The summed E-state index contributed by atoms with van der Waals surface area (Å²) in [6, 6.07) is 4.51. The average molecular weight is 219 g/mol. The largest absolute Gasteiger partial charge is 0.490 e. The highest BCUT2D eigenvalue weighted by atomic mass is 16.5. The second-order valence-electron chi connectivity index (χ2n) is 4.39. The minimum absolute atomic E-state index is 0.783. The Labute approximate surface area is 98.0 Å². The smallest absolute Gasteiger partial charge is 0.142 e. The molecule has 0 amide bonds. The van der Waals surface area contributed by atoms with Crippen molar-refractivity contribution in [3.8, 4) is 5.75 Å². The molecule has 1 aliphatic rings. The first-order valence-electron chi connectivity index (χ1n) is 6.37. The summed E-state index contributed by atoms with van der Waals surface area (Å²) in [5.74, 6) is 1.04. The Balaban J connectivity index is 2.33. The molecule has 0 saturated carbocycles. The maximum atomic E-state index is 5.68. The minimum Gasteiger partial charge on any atom is -0.490 e. The molecule has 0 aliphatic carbocycles. The maximum Gasteiger partial charge on any atom is 0.142 e. The van der Waals surface area contributed by atoms with E-state index in [1.807, 2.05) is 0 Å². The van der Waals surface area contributed by atoms with E-state index in [9.17, 15) is 0 Å². The zero-order valence-electron chi connectivity index (χ0n) is 10.3. The lowest BCUT2D eigenvalue weighted by Gasteiger charge is -2.22. The number of nitrogens with one attached hydrogen (secondary N) is 1. The summed E-state index contributed by atoms with van der Waals surface area (Å²) >= 11 is 0. The fourth-order valence-corrected chi connectivity index (χ4v) is 2.28. The predicted octanol–water partition coefficient (Wildman–Crippen LogP) is 3.40. The van der Waals surface area contributed by atoms with E-state index in [1.165, 1.54) is 36.1 Å². The molecule has 2 nitrogen and oxygen atoms in total. The van der Waals surface area contributed by atoms with Crippen molar-refractivity contribution in [2.24, 2.45) is 0 Å². The zero-order valence-corrected chi connectivity index (χ0v) is 10.3. The van der Waals surface area contributed by atoms with E-state index < -0.39 is 0 Å². The normalized spacial score (nSPS) is 13.9. The van der Waals surface area contributed by atoms with Crippen LogP contribution in [0.15, 0.2) is 12.1 Å². The lowest BCUT2D eigenvalue weighted by Crippen LogP contribution is -2.18. The first-order valence-corrected chi connectivity index (χ1v) is 6.37. The topological polar surface area (TPSA) is 21.3 Å². The zero-order chi connectivity index (χ0) is 11.4. The molecule has 2 rings (SSSR count). The van der Waals surface area contributed by atoms with Gasteiger partial charge in [-0.2, -0.15) is 0 Å². The Hall–Kier alpha value is -1.18. The first kappa shape index (κ1) is 11.3. The Bertz CT molecular complexity index is 325. The van der Waals surface area contributed by atoms with Crippen LogP contribution in [0.5, 0.6) is 5.75 Å². The van der Waals surface area contributed by atoms with Crippen LogP contribution in [0, 0.1) is 0 Å². The molecule has 0 saturated heterocycles. The lowest BCUT2D eigenvalue weighted by molar-refractivity contribution is 0.323. The molecule has 2 heteroatoms. The van der Waals surface area contributed by atoms with E-state index in [0.29, 0.717) is 0 Å². The van der Waals surface area contributed by atoms with Crippen LogP contribution < -0.4 is 10.1 Å². The van der Waals surface area contributed by atoms with Gasteiger partial charge in [0.25, 0.3) is 0 Å². The van der Waals surface area contributed by atoms with Gasteiger partial charge in [0.15, 0.2) is 0 Å². The van der Waals surface area contributed by atoms with E-state index in [0.717, 1.165) is 25.3 Å². The average Bonchev–Trinajstić information content (AvgIpc) is 2.30. The van der Waals surface area contributed by atoms with Gasteiger partial charge in [-0.1, -0.05) is 26.7 Å². The summed E-state index contributed by atoms with van der Waals surface area (Å²) in [6.07, 6.45) is 4.73. The number of anilines is 1. The Morgan fingerprint density at radius 1 is 1.12 bits per heavy atom. The standard InChI is InChI=1S/C14H21NO/c1-3-5-11-9-13-14(16-8-7-15-13)10-12(11)6-4-2/h9-10,15H,3-8H2,1-2H3. The van der Waals surface area contributed by atoms with E-state index in [-0.39, 0.29) is 0 Å². The van der Waals surface area contributed by atoms with E-state index >= 15 is 0 Å². The van der Waals surface area contributed by atoms with Crippen LogP contribution in [0.2, 0.25) is 0 Å². The molecule has 16 heavy (non-hydrogen) atoms. The molecule has 1 N–H and O–H groups in total. The fraction of sp³-hybridized carbons (Fsp3) is 0.571. The van der Waals surface area contributed by atoms with Gasteiger partial charge in [-0.15, -0.1) is 0 Å². The van der Waals surface area contributed by atoms with Gasteiger partial charge in [0.1, 0.15) is 12.4 Å². The third-order valence-electron chi connectivity index (χ3n) is 3.02. The lowest BCUT2D eigenvalue weighted by atomic mass is 9.98. The second kappa shape index (κ2) is 5.24. The summed E-state index contributed by atoms with van der Waals surface area (Å²) in [7, 11) is 0. The fourth-order valence-electron chi connectivity index (χ4n) is 2.28. The van der Waals surface area contributed by atoms with Crippen molar-refractivity contribution in [1.82, 2.24) is 0 Å². The Morgan fingerprint density at radius 3 is 2.50 bits per heavy atom. The Kier molecular flexibility index (Phi) is 3.70. The monoisotopic (exact) mass is 219 g/mol. The van der Waals surface area contributed by atoms with Crippen LogP contribution in [0.3, 0.4) is 0 Å². The second-order valence-corrected chi connectivity index (χ2v) is 4.39. The number of ether oxygens (including phenoxy) is 1. The first-order chi connectivity index (χ1) is 7.85. The minimum atomic E-state index is 0.783. The van der Waals surface area contributed by atoms with Crippen molar-refractivity contribution in [2.75, 3.05) is 18.5 Å². The number of aryl methyl sites for hydroxylation is 2. The van der Waals surface area contributed by atoms with Crippen LogP contribution in [0.1, 0.15) is 37.8 Å². The number of fused-ring (bicyclic) bond motifs is 1. The molecule has 1 heterocycles. The van der Waals surface area contributed by atoms with E-state index in [4.69, 9.17) is 4.74 Å². The SMILES string of the molecule is CCCc1cc2c(cc1CCC)OCCN2. The van der Waals surface area contributed by atoms with Crippen molar-refractivity contribution in [2.45, 2.75) is 39.5 Å². The third-order valence-corrected chi connectivity index (χ3v) is 3.02. The summed E-state index contributed by atoms with van der Waals surface area (Å²) in [4.78, 5) is 0. The summed E-state index contributed by atoms with van der Waals surface area (Å²) in [5, 5.41) is 3.41. The van der Waals surface area contributed by atoms with Gasteiger partial charge in [0.2, 0.25) is 0 Å². The van der Waals surface area contributed by atoms with Gasteiger partial charge < -0.3 is 10.1 Å². The predicted molar refractivity (Wildman–Crippen MR) is 68.4 cm³/mol. The van der Waals surface area contributed by atoms with Crippen molar-refractivity contribution in [1.29, 1.82) is 0 Å². The molecule has 0 atom stereocenters. The van der Waals surface area contributed by atoms with Crippen molar-refractivity contribution in [3.05, 3.63) is 23.3 Å². The van der Waals surface area contributed by atoms with Gasteiger partial charge in [0, 0.05) is 6.54 Å². The molecule has 0 fully saturated rings. The van der Waals surface area contributed by atoms with Crippen molar-refractivity contribution in [3.63, 3.8) is 0 Å². The van der Waals surface area contributed by atoms with Crippen LogP contribution in [-0.2, 0) is 12.8 Å². The molecule has 0 bridgehead atoms. The van der Waals surface area contributed by atoms with Crippen LogP contribution in [0.4, 0.5) is 5.69 Å². The molecule has 1 aromatic carbocycles. The highest BCUT2D eigenvalue weighted by Gasteiger charge is 2.13. The molecule has 0 radical (unpaired) electrons. The molecule has 0 aromatic heterocycles. The molecular weight excluding hydrogens is 198 g/mol. The number of rotatable bonds is 4. The summed E-state index contributed by atoms with van der Waals surface area (Å²) in [5.41, 5.74) is 4.13. The van der Waals surface area contributed by atoms with Crippen LogP contribution in [-0.4, -0.2) is 13.2 Å². The number of hydrogen-bond donors (Lipinski definition) is 1. The third kappa shape index (κ3) is 2.31.